The maximum absolute atomic E-state index is 12.7. The first-order valence-electron chi connectivity index (χ1n) is 10.7. The van der Waals surface area contributed by atoms with Crippen LogP contribution >= 0.6 is 11.8 Å². The molecule has 0 aromatic heterocycles. The Hall–Kier alpha value is -2.97. The molecule has 3 aromatic carbocycles. The van der Waals surface area contributed by atoms with Crippen molar-refractivity contribution in [3.8, 4) is 11.5 Å². The molecule has 3 aromatic rings. The zero-order valence-electron chi connectivity index (χ0n) is 18.0. The molecule has 0 aliphatic carbocycles. The Morgan fingerprint density at radius 3 is 2.24 bits per heavy atom. The van der Waals surface area contributed by atoms with Gasteiger partial charge in [0.25, 0.3) is 0 Å². The van der Waals surface area contributed by atoms with Crippen LogP contribution in [0, 0.1) is 0 Å². The highest BCUT2D eigenvalue weighted by Crippen LogP contribution is 2.42. The van der Waals surface area contributed by atoms with E-state index < -0.39 is 21.5 Å². The highest BCUT2D eigenvalue weighted by Gasteiger charge is 2.21. The Labute approximate surface area is 198 Å². The Bertz CT molecular complexity index is 1200. The lowest BCUT2D eigenvalue weighted by molar-refractivity contribution is -0.113. The number of rotatable bonds is 9. The van der Waals surface area contributed by atoms with Gasteiger partial charge in [-0.25, -0.2) is 8.42 Å². The Morgan fingerprint density at radius 1 is 0.909 bits per heavy atom. The van der Waals surface area contributed by atoms with Crippen molar-refractivity contribution in [2.75, 3.05) is 30.0 Å². The van der Waals surface area contributed by atoms with Crippen LogP contribution in [0.5, 0.6) is 11.5 Å². The number of amides is 1. The van der Waals surface area contributed by atoms with Crippen molar-refractivity contribution in [3.63, 3.8) is 0 Å². The van der Waals surface area contributed by atoms with Crippen LogP contribution in [-0.2, 0) is 21.1 Å². The fraction of sp³-hybridized carbons (Fsp3) is 0.240. The molecule has 0 unspecified atom stereocenters. The van der Waals surface area contributed by atoms with Crippen LogP contribution in [0.3, 0.4) is 0 Å². The van der Waals surface area contributed by atoms with Crippen molar-refractivity contribution in [2.24, 2.45) is 0 Å². The van der Waals surface area contributed by atoms with Gasteiger partial charge in [-0.05, 0) is 30.5 Å². The van der Waals surface area contributed by atoms with E-state index in [9.17, 15) is 13.2 Å². The standard InChI is InChI=1S/C25H25NO5S2/c27-25(18-33(28,29)15-7-10-19-8-3-1-4-9-19)26-21-16-22-23(31-14-13-30-22)17-24(21)32-20-11-5-2-6-12-20/h1-6,8-9,11-12,16-17H,7,10,13-15,18H2,(H,26,27). The number of nitrogens with one attached hydrogen (secondary N) is 1. The van der Waals surface area contributed by atoms with Gasteiger partial charge in [-0.15, -0.1) is 0 Å². The summed E-state index contributed by atoms with van der Waals surface area (Å²) < 4.78 is 36.4. The van der Waals surface area contributed by atoms with E-state index in [4.69, 9.17) is 9.47 Å². The molecule has 1 aliphatic heterocycles. The van der Waals surface area contributed by atoms with E-state index in [2.05, 4.69) is 5.32 Å². The lowest BCUT2D eigenvalue weighted by atomic mass is 10.1. The number of fused-ring (bicyclic) bond motifs is 1. The third kappa shape index (κ3) is 6.76. The van der Waals surface area contributed by atoms with Gasteiger partial charge in [0.1, 0.15) is 19.0 Å². The molecule has 1 amide bonds. The first kappa shape index (κ1) is 23.2. The quantitative estimate of drug-likeness (QED) is 0.479. The highest BCUT2D eigenvalue weighted by molar-refractivity contribution is 7.99. The molecule has 0 fully saturated rings. The maximum Gasteiger partial charge on any atom is 0.239 e. The van der Waals surface area contributed by atoms with Gasteiger partial charge < -0.3 is 14.8 Å². The van der Waals surface area contributed by atoms with Crippen LogP contribution in [0.4, 0.5) is 5.69 Å². The summed E-state index contributed by atoms with van der Waals surface area (Å²) in [6.07, 6.45) is 1.13. The lowest BCUT2D eigenvalue weighted by Crippen LogP contribution is -2.25. The van der Waals surface area contributed by atoms with Crippen molar-refractivity contribution >= 4 is 33.2 Å². The summed E-state index contributed by atoms with van der Waals surface area (Å²) in [5.74, 6) is -0.0412. The predicted molar refractivity (Wildman–Crippen MR) is 130 cm³/mol. The SMILES string of the molecule is O=C(CS(=O)(=O)CCCc1ccccc1)Nc1cc2c(cc1Sc1ccccc1)OCCO2. The van der Waals surface area contributed by atoms with Crippen LogP contribution in [0.1, 0.15) is 12.0 Å². The second kappa shape index (κ2) is 10.8. The molecule has 8 heteroatoms. The number of carbonyl (C=O) groups is 1. The highest BCUT2D eigenvalue weighted by atomic mass is 32.2. The number of sulfone groups is 1. The lowest BCUT2D eigenvalue weighted by Gasteiger charge is -2.21. The molecule has 1 heterocycles. The van der Waals surface area contributed by atoms with Crippen molar-refractivity contribution in [2.45, 2.75) is 22.6 Å². The molecule has 172 valence electrons. The van der Waals surface area contributed by atoms with Crippen LogP contribution < -0.4 is 14.8 Å². The van der Waals surface area contributed by atoms with Gasteiger partial charge >= 0.3 is 0 Å². The maximum atomic E-state index is 12.7. The summed E-state index contributed by atoms with van der Waals surface area (Å²) in [4.78, 5) is 14.4. The van der Waals surface area contributed by atoms with Crippen molar-refractivity contribution in [3.05, 3.63) is 78.4 Å². The van der Waals surface area contributed by atoms with Crippen LogP contribution in [0.25, 0.3) is 0 Å². The fourth-order valence-corrected chi connectivity index (χ4v) is 5.60. The van der Waals surface area contributed by atoms with E-state index in [0.717, 1.165) is 15.4 Å². The zero-order valence-corrected chi connectivity index (χ0v) is 19.7. The number of carbonyl (C=O) groups excluding carboxylic acids is 1. The minimum absolute atomic E-state index is 0.0396. The van der Waals surface area contributed by atoms with Gasteiger partial charge in [-0.2, -0.15) is 0 Å². The summed E-state index contributed by atoms with van der Waals surface area (Å²) in [6, 6.07) is 22.9. The molecule has 0 atom stereocenters. The molecular formula is C25H25NO5S2. The average molecular weight is 484 g/mol. The van der Waals surface area contributed by atoms with E-state index in [1.54, 1.807) is 6.07 Å². The predicted octanol–water partition coefficient (Wildman–Crippen LogP) is 4.60. The molecular weight excluding hydrogens is 458 g/mol. The molecule has 4 rings (SSSR count). The third-order valence-electron chi connectivity index (χ3n) is 5.00. The Kier molecular flexibility index (Phi) is 7.57. The smallest absolute Gasteiger partial charge is 0.239 e. The fourth-order valence-electron chi connectivity index (χ4n) is 3.47. The van der Waals surface area contributed by atoms with Gasteiger partial charge in [0.15, 0.2) is 21.3 Å². The molecule has 1 aliphatic rings. The van der Waals surface area contributed by atoms with Crippen LogP contribution in [0.15, 0.2) is 82.6 Å². The largest absolute Gasteiger partial charge is 0.486 e. The number of hydrogen-bond acceptors (Lipinski definition) is 6. The number of hydrogen-bond donors (Lipinski definition) is 1. The monoisotopic (exact) mass is 483 g/mol. The topological polar surface area (TPSA) is 81.7 Å². The minimum atomic E-state index is -3.53. The molecule has 33 heavy (non-hydrogen) atoms. The summed E-state index contributed by atoms with van der Waals surface area (Å²) in [7, 11) is -3.53. The first-order valence-corrected chi connectivity index (χ1v) is 13.3. The number of ether oxygens (including phenoxy) is 2. The summed E-state index contributed by atoms with van der Waals surface area (Å²) in [5, 5.41) is 2.77. The number of anilines is 1. The minimum Gasteiger partial charge on any atom is -0.486 e. The molecule has 0 bridgehead atoms. The molecule has 0 spiro atoms. The molecule has 0 saturated carbocycles. The van der Waals surface area contributed by atoms with E-state index in [-0.39, 0.29) is 5.75 Å². The van der Waals surface area contributed by atoms with Gasteiger partial charge in [-0.1, -0.05) is 60.3 Å². The average Bonchev–Trinajstić information content (AvgIpc) is 2.80. The number of benzene rings is 3. The van der Waals surface area contributed by atoms with Crippen molar-refractivity contribution in [1.29, 1.82) is 0 Å². The van der Waals surface area contributed by atoms with Crippen LogP contribution in [-0.4, -0.2) is 39.0 Å². The van der Waals surface area contributed by atoms with E-state index in [0.29, 0.717) is 43.2 Å². The first-order chi connectivity index (χ1) is 16.0. The van der Waals surface area contributed by atoms with Gasteiger partial charge in [0, 0.05) is 21.9 Å². The molecule has 1 N–H and O–H groups in total. The molecule has 6 nitrogen and oxygen atoms in total. The molecule has 0 saturated heterocycles. The Morgan fingerprint density at radius 2 is 1.55 bits per heavy atom. The molecule has 0 radical (unpaired) electrons. The summed E-state index contributed by atoms with van der Waals surface area (Å²) in [5.41, 5.74) is 1.58. The van der Waals surface area contributed by atoms with Crippen molar-refractivity contribution in [1.82, 2.24) is 0 Å². The number of aryl methyl sites for hydroxylation is 1. The zero-order chi connectivity index (χ0) is 23.1. The van der Waals surface area contributed by atoms with Gasteiger partial charge in [0.2, 0.25) is 5.91 Å². The van der Waals surface area contributed by atoms with Crippen molar-refractivity contribution < 1.29 is 22.7 Å². The van der Waals surface area contributed by atoms with Gasteiger partial charge in [0.05, 0.1) is 11.4 Å². The van der Waals surface area contributed by atoms with Crippen LogP contribution in [0.2, 0.25) is 0 Å². The summed E-state index contributed by atoms with van der Waals surface area (Å²) >= 11 is 1.46. The second-order valence-corrected chi connectivity index (χ2v) is 10.9. The van der Waals surface area contributed by atoms with E-state index >= 15 is 0 Å². The normalized spacial score (nSPS) is 12.8. The van der Waals surface area contributed by atoms with E-state index in [1.807, 2.05) is 66.7 Å². The summed E-state index contributed by atoms with van der Waals surface area (Å²) in [6.45, 7) is 0.872. The third-order valence-corrected chi connectivity index (χ3v) is 7.68. The second-order valence-electron chi connectivity index (χ2n) is 7.64. The van der Waals surface area contributed by atoms with Gasteiger partial charge in [-0.3, -0.25) is 4.79 Å². The Balaban J connectivity index is 1.43. The van der Waals surface area contributed by atoms with E-state index in [1.165, 1.54) is 11.8 Å².